The van der Waals surface area contributed by atoms with E-state index in [9.17, 15) is 9.18 Å². The molecule has 0 aliphatic rings. The fourth-order valence-electron chi connectivity index (χ4n) is 2.63. The van der Waals surface area contributed by atoms with Crippen molar-refractivity contribution < 1.29 is 13.6 Å². The number of halogens is 1. The zero-order chi connectivity index (χ0) is 20.1. The molecular formula is C22H16FN3O2S. The summed E-state index contributed by atoms with van der Waals surface area (Å²) < 4.78 is 19.3. The van der Waals surface area contributed by atoms with Crippen LogP contribution in [0.15, 0.2) is 88.5 Å². The van der Waals surface area contributed by atoms with E-state index in [1.165, 1.54) is 17.8 Å². The first-order valence-electron chi connectivity index (χ1n) is 8.85. The van der Waals surface area contributed by atoms with Crippen LogP contribution in [-0.2, 0) is 5.75 Å². The van der Waals surface area contributed by atoms with Gasteiger partial charge in [0.15, 0.2) is 0 Å². The summed E-state index contributed by atoms with van der Waals surface area (Å²) in [4.78, 5) is 12.3. The van der Waals surface area contributed by atoms with Crippen LogP contribution in [-0.4, -0.2) is 16.1 Å². The van der Waals surface area contributed by atoms with E-state index >= 15 is 0 Å². The van der Waals surface area contributed by atoms with Gasteiger partial charge >= 0.3 is 0 Å². The molecule has 0 saturated heterocycles. The molecule has 0 atom stereocenters. The maximum atomic E-state index is 13.8. The molecule has 0 spiro atoms. The number of nitrogens with one attached hydrogen (secondary N) is 1. The molecule has 1 amide bonds. The van der Waals surface area contributed by atoms with Crippen molar-refractivity contribution in [1.82, 2.24) is 10.2 Å². The van der Waals surface area contributed by atoms with Gasteiger partial charge in [-0.15, -0.1) is 10.2 Å². The molecule has 3 aromatic carbocycles. The minimum absolute atomic E-state index is 0.151. The summed E-state index contributed by atoms with van der Waals surface area (Å²) in [5, 5.41) is 11.1. The molecule has 144 valence electrons. The molecule has 1 aromatic heterocycles. The van der Waals surface area contributed by atoms with E-state index < -0.39 is 5.82 Å². The summed E-state index contributed by atoms with van der Waals surface area (Å²) in [5.41, 5.74) is 2.60. The van der Waals surface area contributed by atoms with Crippen molar-refractivity contribution >= 4 is 23.4 Å². The van der Waals surface area contributed by atoms with Gasteiger partial charge in [0.05, 0.1) is 5.56 Å². The number of nitrogens with zero attached hydrogens (tertiary/aromatic N) is 2. The third kappa shape index (κ3) is 4.70. The molecule has 4 rings (SSSR count). The molecule has 1 heterocycles. The second-order valence-corrected chi connectivity index (χ2v) is 7.09. The van der Waals surface area contributed by atoms with Crippen LogP contribution in [0.4, 0.5) is 10.1 Å². The number of thioether (sulfide) groups is 1. The Morgan fingerprint density at radius 2 is 1.66 bits per heavy atom. The van der Waals surface area contributed by atoms with Crippen molar-refractivity contribution in [2.45, 2.75) is 11.0 Å². The van der Waals surface area contributed by atoms with E-state index in [-0.39, 0.29) is 17.4 Å². The number of benzene rings is 3. The number of anilines is 1. The van der Waals surface area contributed by atoms with Crippen LogP contribution < -0.4 is 5.32 Å². The minimum atomic E-state index is -0.405. The second kappa shape index (κ2) is 8.70. The third-order valence-electron chi connectivity index (χ3n) is 4.12. The predicted molar refractivity (Wildman–Crippen MR) is 110 cm³/mol. The average molecular weight is 405 g/mol. The monoisotopic (exact) mass is 405 g/mol. The number of carbonyl (C=O) groups excluding carboxylic acids is 1. The smallest absolute Gasteiger partial charge is 0.277 e. The molecule has 0 unspecified atom stereocenters. The first-order chi connectivity index (χ1) is 14.2. The highest BCUT2D eigenvalue weighted by Gasteiger charge is 2.13. The number of carbonyl (C=O) groups is 1. The molecule has 0 fully saturated rings. The molecule has 0 aliphatic carbocycles. The van der Waals surface area contributed by atoms with Crippen molar-refractivity contribution in [3.05, 3.63) is 95.8 Å². The number of rotatable bonds is 6. The van der Waals surface area contributed by atoms with Gasteiger partial charge in [-0.25, -0.2) is 4.39 Å². The molecule has 5 nitrogen and oxygen atoms in total. The first kappa shape index (κ1) is 18.9. The lowest BCUT2D eigenvalue weighted by Gasteiger charge is -2.06. The number of para-hydroxylation sites is 1. The lowest BCUT2D eigenvalue weighted by Crippen LogP contribution is -2.11. The largest absolute Gasteiger partial charge is 0.411 e. The summed E-state index contributed by atoms with van der Waals surface area (Å²) in [6.07, 6.45) is 0. The Balaban J connectivity index is 1.36. The Hall–Kier alpha value is -3.45. The van der Waals surface area contributed by atoms with Crippen LogP contribution in [0.25, 0.3) is 11.5 Å². The Labute approximate surface area is 171 Å². The summed E-state index contributed by atoms with van der Waals surface area (Å²) in [7, 11) is 0. The van der Waals surface area contributed by atoms with E-state index in [2.05, 4.69) is 15.5 Å². The van der Waals surface area contributed by atoms with Crippen LogP contribution >= 0.6 is 11.8 Å². The van der Waals surface area contributed by atoms with Gasteiger partial charge in [0.25, 0.3) is 17.0 Å². The summed E-state index contributed by atoms with van der Waals surface area (Å²) in [6, 6.07) is 22.9. The molecule has 1 N–H and O–H groups in total. The van der Waals surface area contributed by atoms with Crippen LogP contribution in [0.1, 0.15) is 15.9 Å². The van der Waals surface area contributed by atoms with Crippen LogP contribution in [0.3, 0.4) is 0 Å². The van der Waals surface area contributed by atoms with Gasteiger partial charge in [-0.3, -0.25) is 4.79 Å². The molecule has 0 bridgehead atoms. The third-order valence-corrected chi connectivity index (χ3v) is 5.01. The van der Waals surface area contributed by atoms with E-state index in [1.807, 2.05) is 42.5 Å². The zero-order valence-corrected chi connectivity index (χ0v) is 16.0. The number of aromatic nitrogens is 2. The fourth-order valence-corrected chi connectivity index (χ4v) is 3.35. The van der Waals surface area contributed by atoms with E-state index in [1.54, 1.807) is 30.3 Å². The minimum Gasteiger partial charge on any atom is -0.411 e. The maximum absolute atomic E-state index is 13.8. The Morgan fingerprint density at radius 3 is 2.41 bits per heavy atom. The van der Waals surface area contributed by atoms with Crippen molar-refractivity contribution in [3.8, 4) is 11.5 Å². The topological polar surface area (TPSA) is 68.0 Å². The van der Waals surface area contributed by atoms with Gasteiger partial charge < -0.3 is 9.73 Å². The average Bonchev–Trinajstić information content (AvgIpc) is 3.22. The standard InChI is InChI=1S/C22H16FN3O2S/c23-19-9-5-4-8-18(19)21-25-26-22(28-21)29-14-15-10-12-16(13-11-15)20(27)24-17-6-2-1-3-7-17/h1-13H,14H2,(H,24,27). The van der Waals surface area contributed by atoms with Gasteiger partial charge in [0.1, 0.15) is 5.82 Å². The second-order valence-electron chi connectivity index (χ2n) is 6.16. The highest BCUT2D eigenvalue weighted by atomic mass is 32.2. The van der Waals surface area contributed by atoms with Gasteiger partial charge in [-0.1, -0.05) is 54.2 Å². The molecule has 0 aliphatic heterocycles. The van der Waals surface area contributed by atoms with Gasteiger partial charge in [0.2, 0.25) is 0 Å². The van der Waals surface area contributed by atoms with Crippen LogP contribution in [0, 0.1) is 5.82 Å². The molecule has 0 radical (unpaired) electrons. The fraction of sp³-hybridized carbons (Fsp3) is 0.0455. The predicted octanol–water partition coefficient (Wildman–Crippen LogP) is 5.42. The van der Waals surface area contributed by atoms with E-state index in [0.29, 0.717) is 16.5 Å². The van der Waals surface area contributed by atoms with Crippen molar-refractivity contribution in [2.24, 2.45) is 0 Å². The van der Waals surface area contributed by atoms with Crippen LogP contribution in [0.2, 0.25) is 0 Å². The Kier molecular flexibility index (Phi) is 5.67. The lowest BCUT2D eigenvalue weighted by atomic mass is 10.1. The van der Waals surface area contributed by atoms with Gasteiger partial charge in [-0.05, 0) is 42.0 Å². The van der Waals surface area contributed by atoms with Gasteiger partial charge in [-0.2, -0.15) is 0 Å². The van der Waals surface area contributed by atoms with E-state index in [0.717, 1.165) is 11.3 Å². The van der Waals surface area contributed by atoms with Crippen molar-refractivity contribution in [2.75, 3.05) is 5.32 Å². The van der Waals surface area contributed by atoms with Crippen LogP contribution in [0.5, 0.6) is 0 Å². The van der Waals surface area contributed by atoms with E-state index in [4.69, 9.17) is 4.42 Å². The molecule has 4 aromatic rings. The quantitative estimate of drug-likeness (QED) is 0.434. The Morgan fingerprint density at radius 1 is 0.931 bits per heavy atom. The molecule has 7 heteroatoms. The summed E-state index contributed by atoms with van der Waals surface area (Å²) >= 11 is 1.35. The number of amides is 1. The summed E-state index contributed by atoms with van der Waals surface area (Å²) in [6.45, 7) is 0. The number of hydrogen-bond donors (Lipinski definition) is 1. The Bertz CT molecular complexity index is 1110. The number of hydrogen-bond acceptors (Lipinski definition) is 5. The lowest BCUT2D eigenvalue weighted by molar-refractivity contribution is 0.102. The maximum Gasteiger partial charge on any atom is 0.277 e. The van der Waals surface area contributed by atoms with Crippen molar-refractivity contribution in [3.63, 3.8) is 0 Å². The first-order valence-corrected chi connectivity index (χ1v) is 9.84. The normalized spacial score (nSPS) is 10.7. The van der Waals surface area contributed by atoms with Gasteiger partial charge in [0, 0.05) is 17.0 Å². The highest BCUT2D eigenvalue weighted by molar-refractivity contribution is 7.98. The molecular weight excluding hydrogens is 389 g/mol. The highest BCUT2D eigenvalue weighted by Crippen LogP contribution is 2.27. The molecule has 29 heavy (non-hydrogen) atoms. The molecule has 0 saturated carbocycles. The SMILES string of the molecule is O=C(Nc1ccccc1)c1ccc(CSc2nnc(-c3ccccc3F)o2)cc1. The van der Waals surface area contributed by atoms with Crippen molar-refractivity contribution in [1.29, 1.82) is 0 Å². The zero-order valence-electron chi connectivity index (χ0n) is 15.2. The summed E-state index contributed by atoms with van der Waals surface area (Å²) in [5.74, 6) is 0.164.